The van der Waals surface area contributed by atoms with Crippen molar-refractivity contribution in [2.45, 2.75) is 6.36 Å². The van der Waals surface area contributed by atoms with Crippen LogP contribution in [0.2, 0.25) is 5.02 Å². The average Bonchev–Trinajstić information content (AvgIpc) is 2.92. The summed E-state index contributed by atoms with van der Waals surface area (Å²) in [7, 11) is 0. The number of ether oxygens (including phenoxy) is 1. The van der Waals surface area contributed by atoms with Crippen molar-refractivity contribution in [3.05, 3.63) is 58.8 Å². The summed E-state index contributed by atoms with van der Waals surface area (Å²) in [5.41, 5.74) is 0.0684. The van der Waals surface area contributed by atoms with Gasteiger partial charge in [0.25, 0.3) is 5.91 Å². The molecule has 0 aliphatic rings. The molecule has 0 bridgehead atoms. The highest BCUT2D eigenvalue weighted by molar-refractivity contribution is 6.31. The molecule has 0 spiro atoms. The number of anilines is 1. The Morgan fingerprint density at radius 3 is 2.37 bits per heavy atom. The Bertz CT molecular complexity index is 1030. The van der Waals surface area contributed by atoms with Crippen LogP contribution in [0.25, 0.3) is 11.0 Å². The van der Waals surface area contributed by atoms with Crippen molar-refractivity contribution < 1.29 is 37.0 Å². The number of furan rings is 1. The summed E-state index contributed by atoms with van der Waals surface area (Å²) in [6.07, 6.45) is -4.85. The molecule has 3 aromatic rings. The largest absolute Gasteiger partial charge is 0.573 e. The molecule has 0 saturated carbocycles. The fourth-order valence-electron chi connectivity index (χ4n) is 2.34. The van der Waals surface area contributed by atoms with E-state index in [9.17, 15) is 27.9 Å². The van der Waals surface area contributed by atoms with Crippen LogP contribution in [0, 0.1) is 0 Å². The zero-order valence-corrected chi connectivity index (χ0v) is 13.9. The number of fused-ring (bicyclic) bond motifs is 1. The van der Waals surface area contributed by atoms with Crippen LogP contribution in [0.3, 0.4) is 0 Å². The minimum atomic E-state index is -4.85. The molecule has 27 heavy (non-hydrogen) atoms. The number of rotatable bonds is 4. The first-order valence-electron chi connectivity index (χ1n) is 7.26. The third-order valence-electron chi connectivity index (χ3n) is 3.43. The highest BCUT2D eigenvalue weighted by Gasteiger charge is 2.31. The van der Waals surface area contributed by atoms with E-state index in [1.165, 1.54) is 18.2 Å². The number of carbonyl (C=O) groups excluding carboxylic acids is 1. The molecule has 140 valence electrons. The van der Waals surface area contributed by atoms with E-state index in [4.69, 9.17) is 16.0 Å². The molecule has 1 aromatic heterocycles. The van der Waals surface area contributed by atoms with Crippen LogP contribution in [-0.4, -0.2) is 23.3 Å². The molecule has 0 unspecified atom stereocenters. The van der Waals surface area contributed by atoms with Crippen molar-refractivity contribution in [3.63, 3.8) is 0 Å². The summed E-state index contributed by atoms with van der Waals surface area (Å²) in [5.74, 6) is -3.16. The van der Waals surface area contributed by atoms with E-state index >= 15 is 0 Å². The Morgan fingerprint density at radius 1 is 1.11 bits per heavy atom. The third-order valence-corrected chi connectivity index (χ3v) is 3.67. The topological polar surface area (TPSA) is 88.8 Å². The number of nitrogens with one attached hydrogen (secondary N) is 1. The van der Waals surface area contributed by atoms with Crippen molar-refractivity contribution in [2.24, 2.45) is 0 Å². The van der Waals surface area contributed by atoms with Crippen LogP contribution in [0.5, 0.6) is 5.75 Å². The molecule has 0 aliphatic heterocycles. The maximum atomic E-state index is 12.4. The van der Waals surface area contributed by atoms with E-state index in [0.717, 1.165) is 24.3 Å². The molecular weight excluding hydrogens is 391 g/mol. The minimum absolute atomic E-state index is 0.0164. The molecular formula is C17H9ClF3NO5. The number of benzene rings is 2. The number of hydrogen-bond acceptors (Lipinski definition) is 4. The predicted octanol–water partition coefficient (Wildman–Crippen LogP) is 4.94. The normalized spacial score (nSPS) is 11.4. The number of amides is 1. The summed E-state index contributed by atoms with van der Waals surface area (Å²) in [5, 5.41) is 12.2. The maximum absolute atomic E-state index is 12.4. The highest BCUT2D eigenvalue weighted by atomic mass is 35.5. The zero-order valence-electron chi connectivity index (χ0n) is 13.1. The van der Waals surface area contributed by atoms with Crippen LogP contribution >= 0.6 is 11.6 Å². The Hall–Kier alpha value is -3.20. The van der Waals surface area contributed by atoms with E-state index in [1.54, 1.807) is 0 Å². The van der Waals surface area contributed by atoms with Crippen LogP contribution in [0.4, 0.5) is 18.9 Å². The molecule has 2 N–H and O–H groups in total. The summed E-state index contributed by atoms with van der Waals surface area (Å²) in [6, 6.07) is 8.49. The molecule has 6 nitrogen and oxygen atoms in total. The van der Waals surface area contributed by atoms with Gasteiger partial charge in [-0.15, -0.1) is 13.2 Å². The number of halogens is 4. The molecule has 3 rings (SSSR count). The third kappa shape index (κ3) is 4.14. The number of alkyl halides is 3. The maximum Gasteiger partial charge on any atom is 0.573 e. The Kier molecular flexibility index (Phi) is 4.71. The van der Waals surface area contributed by atoms with Gasteiger partial charge in [0.2, 0.25) is 5.76 Å². The second-order valence-corrected chi connectivity index (χ2v) is 5.71. The standard InChI is InChI=1S/C17H9ClF3NO5/c18-9-3-6-12-11(7-9)13(14(26-12)16(24)25)22-15(23)8-1-4-10(5-2-8)27-17(19,20)21/h1-7H,(H,22,23)(H,24,25). The van der Waals surface area contributed by atoms with Gasteiger partial charge in [-0.05, 0) is 42.5 Å². The quantitative estimate of drug-likeness (QED) is 0.649. The summed E-state index contributed by atoms with van der Waals surface area (Å²) < 4.78 is 45.5. The van der Waals surface area contributed by atoms with Crippen molar-refractivity contribution >= 4 is 40.1 Å². The van der Waals surface area contributed by atoms with Crippen LogP contribution in [-0.2, 0) is 0 Å². The average molecular weight is 400 g/mol. The van der Waals surface area contributed by atoms with Gasteiger partial charge in [-0.3, -0.25) is 4.79 Å². The molecule has 0 fully saturated rings. The molecule has 1 heterocycles. The van der Waals surface area contributed by atoms with E-state index in [0.29, 0.717) is 5.02 Å². The molecule has 0 saturated heterocycles. The Labute approximate surface area is 154 Å². The molecule has 0 radical (unpaired) electrons. The number of carbonyl (C=O) groups is 2. The number of hydrogen-bond donors (Lipinski definition) is 2. The first-order valence-corrected chi connectivity index (χ1v) is 7.64. The molecule has 10 heteroatoms. The summed E-state index contributed by atoms with van der Waals surface area (Å²) in [6.45, 7) is 0. The van der Waals surface area contributed by atoms with Crippen molar-refractivity contribution in [3.8, 4) is 5.75 Å². The van der Waals surface area contributed by atoms with Gasteiger partial charge >= 0.3 is 12.3 Å². The van der Waals surface area contributed by atoms with E-state index < -0.39 is 29.7 Å². The molecule has 2 aromatic carbocycles. The number of carboxylic acids is 1. The van der Waals surface area contributed by atoms with Crippen molar-refractivity contribution in [2.75, 3.05) is 5.32 Å². The number of aromatic carboxylic acids is 1. The van der Waals surface area contributed by atoms with E-state index in [1.807, 2.05) is 0 Å². The van der Waals surface area contributed by atoms with Gasteiger partial charge in [0.15, 0.2) is 0 Å². The summed E-state index contributed by atoms with van der Waals surface area (Å²) >= 11 is 5.90. The van der Waals surface area contributed by atoms with Gasteiger partial charge in [-0.1, -0.05) is 11.6 Å². The first-order chi connectivity index (χ1) is 12.6. The highest BCUT2D eigenvalue weighted by Crippen LogP contribution is 2.33. The van der Waals surface area contributed by atoms with E-state index in [2.05, 4.69) is 10.1 Å². The first kappa shape index (κ1) is 18.6. The minimum Gasteiger partial charge on any atom is -0.475 e. The molecule has 0 aliphatic carbocycles. The van der Waals surface area contributed by atoms with Crippen LogP contribution in [0.15, 0.2) is 46.9 Å². The van der Waals surface area contributed by atoms with Gasteiger partial charge in [0.1, 0.15) is 17.0 Å². The zero-order chi connectivity index (χ0) is 19.8. The fraction of sp³-hybridized carbons (Fsp3) is 0.0588. The lowest BCUT2D eigenvalue weighted by atomic mass is 10.1. The fourth-order valence-corrected chi connectivity index (χ4v) is 2.51. The second kappa shape index (κ2) is 6.84. The van der Waals surface area contributed by atoms with Crippen molar-refractivity contribution in [1.29, 1.82) is 0 Å². The van der Waals surface area contributed by atoms with Gasteiger partial charge in [0, 0.05) is 16.0 Å². The monoisotopic (exact) mass is 399 g/mol. The lowest BCUT2D eigenvalue weighted by Gasteiger charge is -2.09. The molecule has 0 atom stereocenters. The smallest absolute Gasteiger partial charge is 0.475 e. The van der Waals surface area contributed by atoms with Gasteiger partial charge in [-0.25, -0.2) is 4.79 Å². The van der Waals surface area contributed by atoms with Crippen molar-refractivity contribution in [1.82, 2.24) is 0 Å². The van der Waals surface area contributed by atoms with E-state index in [-0.39, 0.29) is 22.2 Å². The van der Waals surface area contributed by atoms with Gasteiger partial charge in [-0.2, -0.15) is 0 Å². The van der Waals surface area contributed by atoms with Crippen LogP contribution < -0.4 is 10.1 Å². The molecule has 1 amide bonds. The predicted molar refractivity (Wildman–Crippen MR) is 89.3 cm³/mol. The second-order valence-electron chi connectivity index (χ2n) is 5.28. The van der Waals surface area contributed by atoms with Gasteiger partial charge in [0.05, 0.1) is 0 Å². The SMILES string of the molecule is O=C(Nc1c(C(=O)O)oc2ccc(Cl)cc12)c1ccc(OC(F)(F)F)cc1. The Morgan fingerprint density at radius 2 is 1.78 bits per heavy atom. The van der Waals surface area contributed by atoms with Gasteiger partial charge < -0.3 is 19.6 Å². The van der Waals surface area contributed by atoms with Crippen LogP contribution in [0.1, 0.15) is 20.9 Å². The summed E-state index contributed by atoms with van der Waals surface area (Å²) in [4.78, 5) is 23.7. The number of carboxylic acid groups (broad SMARTS) is 1. The lowest BCUT2D eigenvalue weighted by molar-refractivity contribution is -0.274. The lowest BCUT2D eigenvalue weighted by Crippen LogP contribution is -2.17. The Balaban J connectivity index is 1.90.